The van der Waals surface area contributed by atoms with Crippen molar-refractivity contribution in [1.82, 2.24) is 4.90 Å². The van der Waals surface area contributed by atoms with Gasteiger partial charge in [-0.3, -0.25) is 4.79 Å². The molecular formula is C18H25FN2O3. The molecule has 5 nitrogen and oxygen atoms in total. The molecule has 0 aromatic heterocycles. The Morgan fingerprint density at radius 3 is 2.67 bits per heavy atom. The number of methoxy groups -OCH3 is 1. The Morgan fingerprint density at radius 1 is 1.33 bits per heavy atom. The molecule has 0 saturated carbocycles. The van der Waals surface area contributed by atoms with Crippen LogP contribution in [0.2, 0.25) is 0 Å². The monoisotopic (exact) mass is 336 g/mol. The van der Waals surface area contributed by atoms with Crippen LogP contribution in [-0.4, -0.2) is 61.4 Å². The maximum absolute atomic E-state index is 13.9. The molecular weight excluding hydrogens is 311 g/mol. The molecule has 0 spiro atoms. The summed E-state index contributed by atoms with van der Waals surface area (Å²) in [5.41, 5.74) is 0.0659. The van der Waals surface area contributed by atoms with Gasteiger partial charge in [0.25, 0.3) is 0 Å². The Hall–Kier alpha value is -1.66. The van der Waals surface area contributed by atoms with E-state index in [1.54, 1.807) is 19.2 Å². The molecule has 24 heavy (non-hydrogen) atoms. The normalized spacial score (nSPS) is 23.5. The average Bonchev–Trinajstić information content (AvgIpc) is 3.11. The topological polar surface area (TPSA) is 53.0 Å². The number of nitrogens with zero attached hydrogens (tertiary/aromatic N) is 2. The van der Waals surface area contributed by atoms with Gasteiger partial charge in [-0.25, -0.2) is 4.39 Å². The Kier molecular flexibility index (Phi) is 5.06. The maximum atomic E-state index is 13.9. The Bertz CT molecular complexity index is 581. The van der Waals surface area contributed by atoms with Crippen LogP contribution in [0.1, 0.15) is 19.3 Å². The first-order valence-corrected chi connectivity index (χ1v) is 8.53. The number of aliphatic hydroxyl groups excluding tert-OH is 1. The van der Waals surface area contributed by atoms with Gasteiger partial charge in [0, 0.05) is 33.3 Å². The van der Waals surface area contributed by atoms with Gasteiger partial charge in [-0.1, -0.05) is 12.1 Å². The van der Waals surface area contributed by atoms with Gasteiger partial charge in [0.05, 0.1) is 23.8 Å². The van der Waals surface area contributed by atoms with Gasteiger partial charge in [0.1, 0.15) is 5.82 Å². The van der Waals surface area contributed by atoms with Gasteiger partial charge in [0.15, 0.2) is 0 Å². The van der Waals surface area contributed by atoms with Gasteiger partial charge < -0.3 is 19.6 Å². The number of aliphatic hydroxyl groups is 1. The van der Waals surface area contributed by atoms with Gasteiger partial charge in [0.2, 0.25) is 5.91 Å². The summed E-state index contributed by atoms with van der Waals surface area (Å²) in [6, 6.07) is 6.71. The fourth-order valence-electron chi connectivity index (χ4n) is 3.71. The van der Waals surface area contributed by atoms with E-state index in [-0.39, 0.29) is 24.2 Å². The Morgan fingerprint density at radius 2 is 2.04 bits per heavy atom. The largest absolute Gasteiger partial charge is 0.393 e. The molecule has 0 radical (unpaired) electrons. The van der Waals surface area contributed by atoms with E-state index in [9.17, 15) is 14.3 Å². The Labute approximate surface area is 142 Å². The summed E-state index contributed by atoms with van der Waals surface area (Å²) in [6.45, 7) is 2.44. The number of carbonyl (C=O) groups is 1. The van der Waals surface area contributed by atoms with E-state index in [4.69, 9.17) is 4.74 Å². The lowest BCUT2D eigenvalue weighted by atomic mass is 9.91. The van der Waals surface area contributed by atoms with E-state index in [1.165, 1.54) is 6.07 Å². The molecule has 132 valence electrons. The fraction of sp³-hybridized carbons (Fsp3) is 0.611. The zero-order valence-electron chi connectivity index (χ0n) is 14.1. The minimum Gasteiger partial charge on any atom is -0.393 e. The third-order valence-corrected chi connectivity index (χ3v) is 5.44. The van der Waals surface area contributed by atoms with Crippen molar-refractivity contribution >= 4 is 11.6 Å². The molecule has 0 aliphatic carbocycles. The van der Waals surface area contributed by atoms with E-state index < -0.39 is 5.60 Å². The highest BCUT2D eigenvalue weighted by Gasteiger charge is 2.38. The molecule has 2 saturated heterocycles. The van der Waals surface area contributed by atoms with Crippen LogP contribution in [0.15, 0.2) is 24.3 Å². The zero-order valence-corrected chi connectivity index (χ0v) is 14.1. The van der Waals surface area contributed by atoms with Gasteiger partial charge in [-0.2, -0.15) is 0 Å². The molecule has 1 aromatic carbocycles. The second kappa shape index (κ2) is 7.07. The number of anilines is 1. The average molecular weight is 336 g/mol. The smallest absolute Gasteiger partial charge is 0.227 e. The summed E-state index contributed by atoms with van der Waals surface area (Å²) in [5.74, 6) is -0.193. The van der Waals surface area contributed by atoms with Gasteiger partial charge in [-0.05, 0) is 31.4 Å². The van der Waals surface area contributed by atoms with Crippen molar-refractivity contribution in [3.8, 4) is 0 Å². The molecule has 6 heteroatoms. The van der Waals surface area contributed by atoms with Crippen molar-refractivity contribution in [2.45, 2.75) is 24.9 Å². The highest BCUT2D eigenvalue weighted by Crippen LogP contribution is 2.30. The van der Waals surface area contributed by atoms with Crippen molar-refractivity contribution < 1.29 is 19.0 Å². The van der Waals surface area contributed by atoms with Crippen LogP contribution in [0.25, 0.3) is 0 Å². The van der Waals surface area contributed by atoms with Crippen LogP contribution >= 0.6 is 0 Å². The number of piperidine rings is 1. The van der Waals surface area contributed by atoms with E-state index in [2.05, 4.69) is 0 Å². The third kappa shape index (κ3) is 3.26. The predicted octanol–water partition coefficient (Wildman–Crippen LogP) is 1.65. The number of ether oxygens (including phenoxy) is 1. The van der Waals surface area contributed by atoms with Crippen molar-refractivity contribution in [3.63, 3.8) is 0 Å². The number of likely N-dealkylation sites (tertiary alicyclic amines) is 1. The summed E-state index contributed by atoms with van der Waals surface area (Å²) in [6.07, 6.45) is 2.05. The SMILES string of the molecule is COC1(CO)CCN(C(=O)C2CCN(c3ccccc3F)C2)CC1. The van der Waals surface area contributed by atoms with Crippen molar-refractivity contribution in [3.05, 3.63) is 30.1 Å². The van der Waals surface area contributed by atoms with Crippen LogP contribution in [0.3, 0.4) is 0 Å². The van der Waals surface area contributed by atoms with Gasteiger partial charge in [-0.15, -0.1) is 0 Å². The number of carbonyl (C=O) groups excluding carboxylic acids is 1. The highest BCUT2D eigenvalue weighted by atomic mass is 19.1. The predicted molar refractivity (Wildman–Crippen MR) is 89.4 cm³/mol. The second-order valence-electron chi connectivity index (χ2n) is 6.75. The lowest BCUT2D eigenvalue weighted by Gasteiger charge is -2.40. The summed E-state index contributed by atoms with van der Waals surface area (Å²) in [7, 11) is 1.61. The fourth-order valence-corrected chi connectivity index (χ4v) is 3.71. The minimum atomic E-state index is -0.508. The maximum Gasteiger partial charge on any atom is 0.227 e. The van der Waals surface area contributed by atoms with Gasteiger partial charge >= 0.3 is 0 Å². The van der Waals surface area contributed by atoms with Crippen LogP contribution in [0, 0.1) is 11.7 Å². The molecule has 1 aromatic rings. The molecule has 2 fully saturated rings. The summed E-state index contributed by atoms with van der Waals surface area (Å²) >= 11 is 0. The lowest BCUT2D eigenvalue weighted by molar-refractivity contribution is -0.142. The summed E-state index contributed by atoms with van der Waals surface area (Å²) < 4.78 is 19.3. The molecule has 0 bridgehead atoms. The Balaban J connectivity index is 1.59. The zero-order chi connectivity index (χ0) is 17.2. The standard InChI is InChI=1S/C18H25FN2O3/c1-24-18(13-22)7-10-20(11-8-18)17(23)14-6-9-21(12-14)16-5-3-2-4-15(16)19/h2-5,14,22H,6-13H2,1H3. The van der Waals surface area contributed by atoms with Crippen LogP contribution in [0.5, 0.6) is 0 Å². The number of amides is 1. The molecule has 1 unspecified atom stereocenters. The molecule has 2 aliphatic heterocycles. The molecule has 2 aliphatic rings. The number of para-hydroxylation sites is 1. The van der Waals surface area contributed by atoms with E-state index in [1.807, 2.05) is 15.9 Å². The molecule has 3 rings (SSSR count). The number of rotatable bonds is 4. The van der Waals surface area contributed by atoms with Crippen LogP contribution < -0.4 is 4.90 Å². The summed E-state index contributed by atoms with van der Waals surface area (Å²) in [5, 5.41) is 9.49. The quantitative estimate of drug-likeness (QED) is 0.908. The first-order valence-electron chi connectivity index (χ1n) is 8.53. The number of benzene rings is 1. The molecule has 2 heterocycles. The lowest BCUT2D eigenvalue weighted by Crippen LogP contribution is -2.51. The van der Waals surface area contributed by atoms with E-state index in [0.717, 1.165) is 6.42 Å². The van der Waals surface area contributed by atoms with Crippen molar-refractivity contribution in [2.75, 3.05) is 44.8 Å². The summed E-state index contributed by atoms with van der Waals surface area (Å²) in [4.78, 5) is 16.6. The number of hydrogen-bond donors (Lipinski definition) is 1. The first-order chi connectivity index (χ1) is 11.6. The minimum absolute atomic E-state index is 0.0178. The van der Waals surface area contributed by atoms with E-state index in [0.29, 0.717) is 44.7 Å². The van der Waals surface area contributed by atoms with Crippen molar-refractivity contribution in [1.29, 1.82) is 0 Å². The molecule has 1 N–H and O–H groups in total. The molecule has 1 atom stereocenters. The van der Waals surface area contributed by atoms with Crippen LogP contribution in [0.4, 0.5) is 10.1 Å². The van der Waals surface area contributed by atoms with Crippen molar-refractivity contribution in [2.24, 2.45) is 5.92 Å². The van der Waals surface area contributed by atoms with Crippen LogP contribution in [-0.2, 0) is 9.53 Å². The second-order valence-corrected chi connectivity index (χ2v) is 6.75. The highest BCUT2D eigenvalue weighted by molar-refractivity contribution is 5.80. The van der Waals surface area contributed by atoms with E-state index >= 15 is 0 Å². The number of halogens is 1. The molecule has 1 amide bonds. The third-order valence-electron chi connectivity index (χ3n) is 5.44. The number of hydrogen-bond acceptors (Lipinski definition) is 4. The first kappa shape index (κ1) is 17.2.